The van der Waals surface area contributed by atoms with Gasteiger partial charge < -0.3 is 14.9 Å². The van der Waals surface area contributed by atoms with E-state index in [1.54, 1.807) is 18.2 Å². The third kappa shape index (κ3) is 2.00. The highest BCUT2D eigenvalue weighted by Gasteiger charge is 2.13. The second-order valence-corrected chi connectivity index (χ2v) is 3.95. The molecule has 4 heteroatoms. The number of phenolic OH excluding ortho intramolecular Hbond substituents is 2. The van der Waals surface area contributed by atoms with E-state index in [1.165, 1.54) is 19.1 Å². The average Bonchev–Trinajstić information content (AvgIpc) is 2.34. The van der Waals surface area contributed by atoms with Gasteiger partial charge in [-0.1, -0.05) is 18.7 Å². The maximum absolute atomic E-state index is 11.5. The number of hydrogen-bond acceptors (Lipinski definition) is 4. The Bertz CT molecular complexity index is 644. The minimum atomic E-state index is -0.578. The van der Waals surface area contributed by atoms with Crippen molar-refractivity contribution in [1.82, 2.24) is 0 Å². The van der Waals surface area contributed by atoms with Gasteiger partial charge in [0.2, 0.25) is 0 Å². The number of benzene rings is 2. The topological polar surface area (TPSA) is 66.8 Å². The first kappa shape index (κ1) is 12.0. The van der Waals surface area contributed by atoms with Crippen LogP contribution in [0.25, 0.3) is 10.8 Å². The van der Waals surface area contributed by atoms with Crippen LogP contribution >= 0.6 is 0 Å². The Balaban J connectivity index is 2.61. The van der Waals surface area contributed by atoms with Crippen LogP contribution in [0.5, 0.6) is 17.2 Å². The zero-order valence-corrected chi connectivity index (χ0v) is 9.80. The fourth-order valence-corrected chi connectivity index (χ4v) is 1.61. The van der Waals surface area contributed by atoms with Crippen LogP contribution in [-0.4, -0.2) is 16.2 Å². The van der Waals surface area contributed by atoms with Crippen molar-refractivity contribution in [2.75, 3.05) is 0 Å². The van der Waals surface area contributed by atoms with Gasteiger partial charge in [-0.05, 0) is 25.1 Å². The fraction of sp³-hybridized carbons (Fsp3) is 0.0714. The highest BCUT2D eigenvalue weighted by Crippen LogP contribution is 2.38. The van der Waals surface area contributed by atoms with E-state index in [0.29, 0.717) is 10.8 Å². The number of rotatable bonds is 2. The minimum absolute atomic E-state index is 0.0102. The number of carbonyl (C=O) groups excluding carboxylic acids is 1. The molecule has 0 aromatic heterocycles. The third-order valence-electron chi connectivity index (χ3n) is 2.51. The van der Waals surface area contributed by atoms with Gasteiger partial charge in [-0.25, -0.2) is 4.79 Å². The van der Waals surface area contributed by atoms with Crippen molar-refractivity contribution in [3.05, 3.63) is 42.5 Å². The molecule has 0 amide bonds. The van der Waals surface area contributed by atoms with E-state index < -0.39 is 5.97 Å². The molecule has 0 heterocycles. The van der Waals surface area contributed by atoms with E-state index >= 15 is 0 Å². The van der Waals surface area contributed by atoms with Gasteiger partial charge in [0, 0.05) is 11.0 Å². The summed E-state index contributed by atoms with van der Waals surface area (Å²) in [6.45, 7) is 5.02. The van der Waals surface area contributed by atoms with Gasteiger partial charge in [0.15, 0.2) is 0 Å². The van der Waals surface area contributed by atoms with Crippen LogP contribution < -0.4 is 4.74 Å². The van der Waals surface area contributed by atoms with E-state index in [4.69, 9.17) is 4.74 Å². The molecule has 0 radical (unpaired) electrons. The molecule has 92 valence electrons. The van der Waals surface area contributed by atoms with Crippen molar-refractivity contribution in [2.24, 2.45) is 0 Å². The number of ether oxygens (including phenoxy) is 1. The maximum Gasteiger partial charge on any atom is 0.338 e. The molecule has 0 fully saturated rings. The number of fused-ring (bicyclic) bond motifs is 1. The zero-order chi connectivity index (χ0) is 13.3. The van der Waals surface area contributed by atoms with Gasteiger partial charge in [-0.15, -0.1) is 0 Å². The normalized spacial score (nSPS) is 10.3. The molecule has 2 N–H and O–H groups in total. The Kier molecular flexibility index (Phi) is 2.93. The van der Waals surface area contributed by atoms with Crippen molar-refractivity contribution >= 4 is 16.7 Å². The third-order valence-corrected chi connectivity index (χ3v) is 2.51. The van der Waals surface area contributed by atoms with Crippen molar-refractivity contribution < 1.29 is 19.7 Å². The zero-order valence-electron chi connectivity index (χ0n) is 9.80. The van der Waals surface area contributed by atoms with Crippen molar-refractivity contribution in [3.8, 4) is 17.2 Å². The van der Waals surface area contributed by atoms with Gasteiger partial charge in [-0.3, -0.25) is 0 Å². The Morgan fingerprint density at radius 1 is 1.17 bits per heavy atom. The van der Waals surface area contributed by atoms with E-state index in [2.05, 4.69) is 6.58 Å². The van der Waals surface area contributed by atoms with Crippen LogP contribution in [0, 0.1) is 0 Å². The molecule has 0 unspecified atom stereocenters. The lowest BCUT2D eigenvalue weighted by molar-refractivity contribution is -0.129. The Morgan fingerprint density at radius 3 is 2.50 bits per heavy atom. The highest BCUT2D eigenvalue weighted by atomic mass is 16.5. The minimum Gasteiger partial charge on any atom is -0.507 e. The van der Waals surface area contributed by atoms with Crippen LogP contribution in [0.15, 0.2) is 42.5 Å². The Morgan fingerprint density at radius 2 is 1.83 bits per heavy atom. The predicted octanol–water partition coefficient (Wildman–Crippen LogP) is 2.73. The van der Waals surface area contributed by atoms with Crippen LogP contribution in [0.3, 0.4) is 0 Å². The molecule has 0 atom stereocenters. The van der Waals surface area contributed by atoms with Crippen molar-refractivity contribution in [3.63, 3.8) is 0 Å². The average molecular weight is 244 g/mol. The second-order valence-electron chi connectivity index (χ2n) is 3.95. The highest BCUT2D eigenvalue weighted by molar-refractivity contribution is 6.00. The second kappa shape index (κ2) is 4.41. The first-order valence-electron chi connectivity index (χ1n) is 5.32. The summed E-state index contributed by atoms with van der Waals surface area (Å²) in [6.07, 6.45) is 0. The molecule has 0 saturated carbocycles. The maximum atomic E-state index is 11.5. The smallest absolute Gasteiger partial charge is 0.338 e. The Labute approximate surface area is 104 Å². The molecule has 0 bridgehead atoms. The van der Waals surface area contributed by atoms with E-state index in [0.717, 1.165) is 0 Å². The number of hydrogen-bond donors (Lipinski definition) is 2. The molecule has 0 aliphatic carbocycles. The summed E-state index contributed by atoms with van der Waals surface area (Å²) >= 11 is 0. The summed E-state index contributed by atoms with van der Waals surface area (Å²) in [7, 11) is 0. The summed E-state index contributed by atoms with van der Waals surface area (Å²) in [6, 6.07) is 7.52. The molecule has 0 spiro atoms. The summed E-state index contributed by atoms with van der Waals surface area (Å²) in [5.41, 5.74) is 0.256. The lowest BCUT2D eigenvalue weighted by atomic mass is 10.1. The lowest BCUT2D eigenvalue weighted by Crippen LogP contribution is -2.08. The van der Waals surface area contributed by atoms with Gasteiger partial charge >= 0.3 is 5.97 Å². The molecule has 0 aliphatic heterocycles. The van der Waals surface area contributed by atoms with Gasteiger partial charge in [-0.2, -0.15) is 0 Å². The molecule has 4 nitrogen and oxygen atoms in total. The van der Waals surface area contributed by atoms with Crippen LogP contribution in [0.1, 0.15) is 6.92 Å². The number of carbonyl (C=O) groups is 1. The molecule has 2 rings (SSSR count). The summed E-state index contributed by atoms with van der Waals surface area (Å²) < 4.78 is 5.12. The van der Waals surface area contributed by atoms with Gasteiger partial charge in [0.1, 0.15) is 17.2 Å². The van der Waals surface area contributed by atoms with Crippen LogP contribution in [-0.2, 0) is 4.79 Å². The predicted molar refractivity (Wildman–Crippen MR) is 67.7 cm³/mol. The number of esters is 1. The number of phenols is 2. The van der Waals surface area contributed by atoms with Gasteiger partial charge in [0.05, 0.1) is 5.39 Å². The Hall–Kier alpha value is -2.49. The number of aromatic hydroxyl groups is 2. The van der Waals surface area contributed by atoms with Crippen molar-refractivity contribution in [2.45, 2.75) is 6.92 Å². The molecular weight excluding hydrogens is 232 g/mol. The van der Waals surface area contributed by atoms with E-state index in [1.807, 2.05) is 0 Å². The van der Waals surface area contributed by atoms with Gasteiger partial charge in [0.25, 0.3) is 0 Å². The molecule has 18 heavy (non-hydrogen) atoms. The molecule has 0 saturated heterocycles. The summed E-state index contributed by atoms with van der Waals surface area (Å²) in [5.74, 6) is -0.442. The lowest BCUT2D eigenvalue weighted by Gasteiger charge is -2.09. The van der Waals surface area contributed by atoms with E-state index in [-0.39, 0.29) is 22.8 Å². The monoisotopic (exact) mass is 244 g/mol. The standard InChI is InChI=1S/C14H12O4/c1-8(2)14(17)18-12-5-3-4-9-10(15)6-7-11(16)13(9)12/h3-7,15-16H,1H2,2H3. The van der Waals surface area contributed by atoms with Crippen LogP contribution in [0.2, 0.25) is 0 Å². The molecule has 2 aromatic carbocycles. The molecular formula is C14H12O4. The largest absolute Gasteiger partial charge is 0.507 e. The summed E-state index contributed by atoms with van der Waals surface area (Å²) in [4.78, 5) is 11.5. The fourth-order valence-electron chi connectivity index (χ4n) is 1.61. The first-order chi connectivity index (χ1) is 8.50. The van der Waals surface area contributed by atoms with Crippen LogP contribution in [0.4, 0.5) is 0 Å². The first-order valence-corrected chi connectivity index (χ1v) is 5.32. The molecule has 0 aliphatic rings. The van der Waals surface area contributed by atoms with E-state index in [9.17, 15) is 15.0 Å². The quantitative estimate of drug-likeness (QED) is 0.369. The van der Waals surface area contributed by atoms with Crippen molar-refractivity contribution in [1.29, 1.82) is 0 Å². The molecule has 2 aromatic rings. The SMILES string of the molecule is C=C(C)C(=O)Oc1cccc2c(O)ccc(O)c12. The summed E-state index contributed by atoms with van der Waals surface area (Å²) in [5, 5.41) is 20.2.